The lowest BCUT2D eigenvalue weighted by Crippen LogP contribution is -2.21. The molecule has 2 aromatic rings. The number of phenols is 1. The van der Waals surface area contributed by atoms with E-state index in [1.165, 1.54) is 16.7 Å². The Balaban J connectivity index is 2.14. The quantitative estimate of drug-likeness (QED) is 0.811. The Morgan fingerprint density at radius 2 is 1.64 bits per heavy atom. The van der Waals surface area contributed by atoms with Crippen LogP contribution in [0.15, 0.2) is 24.3 Å². The Hall–Kier alpha value is -2.21. The molecule has 0 amide bonds. The molecule has 1 aliphatic rings. The van der Waals surface area contributed by atoms with E-state index in [2.05, 4.69) is 30.3 Å². The number of hydrogen-bond acceptors (Lipinski definition) is 6. The first-order valence-electron chi connectivity index (χ1n) is 9.37. The zero-order chi connectivity index (χ0) is 20.3. The summed E-state index contributed by atoms with van der Waals surface area (Å²) in [5, 5.41) is 10.4. The maximum Gasteiger partial charge on any atom is 0.162 e. The number of ether oxygens (including phenoxy) is 3. The van der Waals surface area contributed by atoms with E-state index in [1.807, 2.05) is 23.9 Å². The average Bonchev–Trinajstić information content (AvgIpc) is 2.75. The molecule has 1 aliphatic heterocycles. The van der Waals surface area contributed by atoms with Gasteiger partial charge in [-0.15, -0.1) is 0 Å². The number of fused-ring (bicyclic) bond motifs is 2. The minimum Gasteiger partial charge on any atom is -0.504 e. The molecule has 28 heavy (non-hydrogen) atoms. The van der Waals surface area contributed by atoms with E-state index in [0.29, 0.717) is 5.75 Å². The van der Waals surface area contributed by atoms with E-state index < -0.39 is 0 Å². The van der Waals surface area contributed by atoms with Crippen LogP contribution >= 0.6 is 11.8 Å². The Kier molecular flexibility index (Phi) is 6.50. The maximum absolute atomic E-state index is 10.4. The fourth-order valence-electron chi connectivity index (χ4n) is 3.95. The molecule has 0 saturated heterocycles. The van der Waals surface area contributed by atoms with Crippen LogP contribution in [0.1, 0.15) is 22.6 Å². The summed E-state index contributed by atoms with van der Waals surface area (Å²) in [6.45, 7) is 0.857. The summed E-state index contributed by atoms with van der Waals surface area (Å²) in [5.74, 6) is 3.47. The van der Waals surface area contributed by atoms with E-state index in [-0.39, 0.29) is 11.7 Å². The number of phenolic OH excluding ortho intramolecular Hbond substituents is 1. The van der Waals surface area contributed by atoms with Gasteiger partial charge >= 0.3 is 0 Å². The lowest BCUT2D eigenvalue weighted by Gasteiger charge is -2.24. The number of anilines is 1. The minimum atomic E-state index is 0.201. The van der Waals surface area contributed by atoms with Crippen LogP contribution in [0.3, 0.4) is 0 Å². The summed E-state index contributed by atoms with van der Waals surface area (Å²) in [5.41, 5.74) is 4.81. The number of likely N-dealkylation sites (N-methyl/N-ethyl adjacent to an activating group) is 1. The Bertz CT molecular complexity index is 840. The molecule has 3 rings (SSSR count). The number of rotatable bonds is 5. The van der Waals surface area contributed by atoms with Gasteiger partial charge in [-0.25, -0.2) is 0 Å². The molecule has 6 heteroatoms. The molecule has 0 bridgehead atoms. The van der Waals surface area contributed by atoms with Crippen molar-refractivity contribution in [3.05, 3.63) is 41.0 Å². The molecule has 0 fully saturated rings. The third-order valence-electron chi connectivity index (χ3n) is 5.43. The van der Waals surface area contributed by atoms with Crippen LogP contribution in [0.5, 0.6) is 23.0 Å². The molecule has 0 aliphatic carbocycles. The second-order valence-electron chi connectivity index (χ2n) is 7.09. The second-order valence-corrected chi connectivity index (χ2v) is 8.00. The van der Waals surface area contributed by atoms with E-state index in [1.54, 1.807) is 21.3 Å². The number of hydrogen-bond donors (Lipinski definition) is 1. The van der Waals surface area contributed by atoms with Crippen molar-refractivity contribution < 1.29 is 19.3 Å². The molecular formula is C22H29NO4S. The van der Waals surface area contributed by atoms with Gasteiger partial charge in [0.15, 0.2) is 23.0 Å². The molecule has 0 aromatic heterocycles. The minimum absolute atomic E-state index is 0.201. The zero-order valence-corrected chi connectivity index (χ0v) is 18.1. The van der Waals surface area contributed by atoms with Crippen LogP contribution in [0.25, 0.3) is 0 Å². The van der Waals surface area contributed by atoms with Gasteiger partial charge in [0.2, 0.25) is 0 Å². The number of aromatic hydroxyl groups is 1. The highest BCUT2D eigenvalue weighted by Crippen LogP contribution is 2.41. The number of nitrogens with zero attached hydrogens (tertiary/aromatic N) is 1. The van der Waals surface area contributed by atoms with E-state index in [4.69, 9.17) is 14.2 Å². The van der Waals surface area contributed by atoms with Crippen molar-refractivity contribution in [2.24, 2.45) is 0 Å². The van der Waals surface area contributed by atoms with Crippen molar-refractivity contribution in [1.29, 1.82) is 0 Å². The standard InChI is InChI=1S/C22H29NO4S/c1-23-7-6-14-9-20(25-2)19(24)11-17(14)16(13-28-5)8-15-10-21(26-3)22(27-4)12-18(15)23/h9-12,16,24H,6-8,13H2,1-5H3/t16-/m0/s1. The molecule has 1 atom stereocenters. The Morgan fingerprint density at radius 3 is 2.29 bits per heavy atom. The van der Waals surface area contributed by atoms with Crippen LogP contribution in [-0.4, -0.2) is 52.0 Å². The van der Waals surface area contributed by atoms with Gasteiger partial charge in [0.05, 0.1) is 21.3 Å². The van der Waals surface area contributed by atoms with Crippen LogP contribution in [0, 0.1) is 0 Å². The van der Waals surface area contributed by atoms with Crippen molar-refractivity contribution in [2.45, 2.75) is 18.8 Å². The molecule has 1 heterocycles. The van der Waals surface area contributed by atoms with Gasteiger partial charge in [0, 0.05) is 31.1 Å². The summed E-state index contributed by atoms with van der Waals surface area (Å²) in [6.07, 6.45) is 3.86. The molecule has 0 spiro atoms. The maximum atomic E-state index is 10.4. The van der Waals surface area contributed by atoms with Crippen molar-refractivity contribution in [3.63, 3.8) is 0 Å². The van der Waals surface area contributed by atoms with Crippen LogP contribution in [-0.2, 0) is 12.8 Å². The third kappa shape index (κ3) is 3.97. The van der Waals surface area contributed by atoms with Gasteiger partial charge in [0.1, 0.15) is 0 Å². The van der Waals surface area contributed by atoms with Gasteiger partial charge < -0.3 is 24.2 Å². The molecule has 0 unspecified atom stereocenters. The molecule has 0 saturated carbocycles. The molecule has 5 nitrogen and oxygen atoms in total. The first-order valence-corrected chi connectivity index (χ1v) is 10.8. The van der Waals surface area contributed by atoms with Gasteiger partial charge in [-0.05, 0) is 59.9 Å². The molecule has 2 aromatic carbocycles. The van der Waals surface area contributed by atoms with Crippen LogP contribution in [0.2, 0.25) is 0 Å². The average molecular weight is 404 g/mol. The predicted octanol–water partition coefficient (Wildman–Crippen LogP) is 4.10. The summed E-state index contributed by atoms with van der Waals surface area (Å²) < 4.78 is 16.4. The highest BCUT2D eigenvalue weighted by Gasteiger charge is 2.24. The lowest BCUT2D eigenvalue weighted by atomic mass is 9.88. The fraction of sp³-hybridized carbons (Fsp3) is 0.455. The second kappa shape index (κ2) is 8.86. The highest BCUT2D eigenvalue weighted by atomic mass is 32.2. The zero-order valence-electron chi connectivity index (χ0n) is 17.2. The van der Waals surface area contributed by atoms with E-state index in [9.17, 15) is 5.11 Å². The van der Waals surface area contributed by atoms with Gasteiger partial charge in [-0.1, -0.05) is 0 Å². The summed E-state index contributed by atoms with van der Waals surface area (Å²) in [7, 11) is 7.04. The molecule has 0 radical (unpaired) electrons. The number of benzene rings is 2. The lowest BCUT2D eigenvalue weighted by molar-refractivity contribution is 0.354. The SMILES string of the molecule is COc1cc2c(cc1O)[C@H](CSC)Cc1cc(OC)c(OC)cc1N(C)CC2. The van der Waals surface area contributed by atoms with Crippen molar-refractivity contribution in [3.8, 4) is 23.0 Å². The first-order chi connectivity index (χ1) is 13.5. The topological polar surface area (TPSA) is 51.2 Å². The largest absolute Gasteiger partial charge is 0.504 e. The van der Waals surface area contributed by atoms with Crippen molar-refractivity contribution >= 4 is 17.4 Å². The summed E-state index contributed by atoms with van der Waals surface area (Å²) in [6, 6.07) is 8.04. The highest BCUT2D eigenvalue weighted by molar-refractivity contribution is 7.98. The first kappa shape index (κ1) is 20.5. The number of methoxy groups -OCH3 is 3. The van der Waals surface area contributed by atoms with Crippen molar-refractivity contribution in [2.75, 3.05) is 51.8 Å². The van der Waals surface area contributed by atoms with Gasteiger partial charge in [-0.3, -0.25) is 0 Å². The van der Waals surface area contributed by atoms with Gasteiger partial charge in [-0.2, -0.15) is 11.8 Å². The Labute approximate surface area is 171 Å². The van der Waals surface area contributed by atoms with E-state index in [0.717, 1.165) is 42.3 Å². The van der Waals surface area contributed by atoms with Gasteiger partial charge in [0.25, 0.3) is 0 Å². The summed E-state index contributed by atoms with van der Waals surface area (Å²) in [4.78, 5) is 2.27. The summed E-state index contributed by atoms with van der Waals surface area (Å²) >= 11 is 1.82. The number of thioether (sulfide) groups is 1. The molecule has 152 valence electrons. The third-order valence-corrected chi connectivity index (χ3v) is 6.16. The smallest absolute Gasteiger partial charge is 0.162 e. The molecule has 1 N–H and O–H groups in total. The Morgan fingerprint density at radius 1 is 1.00 bits per heavy atom. The fourth-order valence-corrected chi connectivity index (χ4v) is 4.65. The van der Waals surface area contributed by atoms with Crippen LogP contribution in [0.4, 0.5) is 5.69 Å². The normalized spacial score (nSPS) is 16.3. The van der Waals surface area contributed by atoms with Crippen LogP contribution < -0.4 is 19.1 Å². The molecular weight excluding hydrogens is 374 g/mol. The van der Waals surface area contributed by atoms with Crippen molar-refractivity contribution in [1.82, 2.24) is 0 Å². The predicted molar refractivity (Wildman–Crippen MR) is 116 cm³/mol. The monoisotopic (exact) mass is 403 g/mol. The van der Waals surface area contributed by atoms with E-state index >= 15 is 0 Å².